The lowest BCUT2D eigenvalue weighted by Crippen LogP contribution is -2.47. The van der Waals surface area contributed by atoms with Crippen molar-refractivity contribution < 1.29 is 24.0 Å². The Morgan fingerprint density at radius 3 is 2.85 bits per heavy atom. The van der Waals surface area contributed by atoms with Gasteiger partial charge >= 0.3 is 0 Å². The number of hydrogen-bond donors (Lipinski definition) is 2. The van der Waals surface area contributed by atoms with Crippen LogP contribution in [0.1, 0.15) is 34.7 Å². The molecule has 9 heteroatoms. The second-order valence-corrected chi connectivity index (χ2v) is 7.19. The molecule has 0 aliphatic carbocycles. The summed E-state index contributed by atoms with van der Waals surface area (Å²) in [6.45, 7) is 3.33. The highest BCUT2D eigenvalue weighted by molar-refractivity contribution is 5.94. The number of carbonyl (C=O) groups is 2. The van der Waals surface area contributed by atoms with Crippen LogP contribution in [0.3, 0.4) is 0 Å². The fourth-order valence-corrected chi connectivity index (χ4v) is 3.56. The molecule has 0 spiro atoms. The molecule has 0 radical (unpaired) electrons. The van der Waals surface area contributed by atoms with Crippen molar-refractivity contribution in [1.29, 1.82) is 0 Å². The molecule has 0 unspecified atom stereocenters. The lowest BCUT2D eigenvalue weighted by molar-refractivity contribution is -0.134. The molecule has 2 aliphatic heterocycles. The van der Waals surface area contributed by atoms with E-state index in [4.69, 9.17) is 9.26 Å². The first-order valence-corrected chi connectivity index (χ1v) is 8.81. The number of morpholine rings is 1. The standard InChI is InChI=1S/C17H26N4O5/c1-10-14(8-22)16(19-26-10)17(24)18-11-4-12-9-25-13(7-21(12)6-11)5-15(23)20(2)3/h11-13,22H,4-9H2,1-3H3,(H,18,24)/t11-,12-,13-/m0/s1. The molecule has 0 aromatic carbocycles. The van der Waals surface area contributed by atoms with E-state index in [2.05, 4.69) is 15.4 Å². The fraction of sp³-hybridized carbons (Fsp3) is 0.706. The number of ether oxygens (including phenoxy) is 1. The quantitative estimate of drug-likeness (QED) is 0.725. The summed E-state index contributed by atoms with van der Waals surface area (Å²) < 4.78 is 10.8. The topological polar surface area (TPSA) is 108 Å². The predicted molar refractivity (Wildman–Crippen MR) is 91.4 cm³/mol. The van der Waals surface area contributed by atoms with Gasteiger partial charge in [-0.25, -0.2) is 0 Å². The lowest BCUT2D eigenvalue weighted by atomic mass is 10.1. The van der Waals surface area contributed by atoms with Crippen molar-refractivity contribution >= 4 is 11.8 Å². The summed E-state index contributed by atoms with van der Waals surface area (Å²) in [4.78, 5) is 28.1. The molecular formula is C17H26N4O5. The summed E-state index contributed by atoms with van der Waals surface area (Å²) in [5.74, 6) is 0.162. The Labute approximate surface area is 152 Å². The maximum Gasteiger partial charge on any atom is 0.274 e. The van der Waals surface area contributed by atoms with Gasteiger partial charge in [0, 0.05) is 39.3 Å². The molecule has 1 aromatic heterocycles. The van der Waals surface area contributed by atoms with E-state index >= 15 is 0 Å². The lowest BCUT2D eigenvalue weighted by Gasteiger charge is -2.35. The van der Waals surface area contributed by atoms with Crippen molar-refractivity contribution in [2.45, 2.75) is 44.6 Å². The van der Waals surface area contributed by atoms with E-state index in [0.717, 1.165) is 6.42 Å². The molecule has 144 valence electrons. The second-order valence-electron chi connectivity index (χ2n) is 7.19. The summed E-state index contributed by atoms with van der Waals surface area (Å²) >= 11 is 0. The average molecular weight is 366 g/mol. The zero-order valence-corrected chi connectivity index (χ0v) is 15.4. The van der Waals surface area contributed by atoms with Crippen LogP contribution in [-0.2, 0) is 16.1 Å². The smallest absolute Gasteiger partial charge is 0.274 e. The van der Waals surface area contributed by atoms with Gasteiger partial charge in [-0.2, -0.15) is 0 Å². The second kappa shape index (κ2) is 7.73. The van der Waals surface area contributed by atoms with Crippen molar-refractivity contribution in [1.82, 2.24) is 20.3 Å². The van der Waals surface area contributed by atoms with Crippen LogP contribution in [0.4, 0.5) is 0 Å². The molecule has 2 fully saturated rings. The number of nitrogens with one attached hydrogen (secondary N) is 1. The molecule has 3 rings (SSSR count). The van der Waals surface area contributed by atoms with Crippen LogP contribution in [0.15, 0.2) is 4.52 Å². The van der Waals surface area contributed by atoms with E-state index < -0.39 is 0 Å². The van der Waals surface area contributed by atoms with Crippen LogP contribution in [0, 0.1) is 6.92 Å². The van der Waals surface area contributed by atoms with E-state index in [9.17, 15) is 14.7 Å². The minimum absolute atomic E-state index is 0.0250. The molecule has 3 heterocycles. The summed E-state index contributed by atoms with van der Waals surface area (Å²) in [5.41, 5.74) is 0.560. The summed E-state index contributed by atoms with van der Waals surface area (Å²) in [5, 5.41) is 16.1. The maximum absolute atomic E-state index is 12.4. The SMILES string of the molecule is Cc1onc(C(=O)N[C@H]2C[C@H]3CO[C@@H](CC(=O)N(C)C)CN3C2)c1CO. The Kier molecular flexibility index (Phi) is 5.59. The number of amides is 2. The van der Waals surface area contributed by atoms with Crippen LogP contribution < -0.4 is 5.32 Å². The molecule has 9 nitrogen and oxygen atoms in total. The largest absolute Gasteiger partial charge is 0.391 e. The predicted octanol–water partition coefficient (Wildman–Crippen LogP) is -0.475. The van der Waals surface area contributed by atoms with Crippen LogP contribution in [-0.4, -0.2) is 83.9 Å². The molecule has 0 saturated carbocycles. The van der Waals surface area contributed by atoms with Gasteiger partial charge in [0.05, 0.1) is 31.3 Å². The minimum atomic E-state index is -0.337. The third-order valence-corrected chi connectivity index (χ3v) is 5.08. The number of fused-ring (bicyclic) bond motifs is 1. The number of rotatable bonds is 5. The van der Waals surface area contributed by atoms with Gasteiger partial charge in [0.25, 0.3) is 5.91 Å². The molecule has 0 bridgehead atoms. The van der Waals surface area contributed by atoms with Crippen LogP contribution in [0.5, 0.6) is 0 Å². The first-order valence-electron chi connectivity index (χ1n) is 8.81. The molecule has 3 atom stereocenters. The van der Waals surface area contributed by atoms with Gasteiger partial charge in [0.15, 0.2) is 5.69 Å². The number of aromatic nitrogens is 1. The highest BCUT2D eigenvalue weighted by Crippen LogP contribution is 2.25. The van der Waals surface area contributed by atoms with Crippen molar-refractivity contribution in [3.63, 3.8) is 0 Å². The molecule has 2 saturated heterocycles. The van der Waals surface area contributed by atoms with Crippen molar-refractivity contribution in [3.05, 3.63) is 17.0 Å². The zero-order valence-electron chi connectivity index (χ0n) is 15.4. The summed E-state index contributed by atoms with van der Waals surface area (Å²) in [7, 11) is 3.48. The third-order valence-electron chi connectivity index (χ3n) is 5.08. The fourth-order valence-electron chi connectivity index (χ4n) is 3.56. The Morgan fingerprint density at radius 1 is 1.38 bits per heavy atom. The maximum atomic E-state index is 12.4. The monoisotopic (exact) mass is 366 g/mol. The van der Waals surface area contributed by atoms with E-state index in [1.807, 2.05) is 0 Å². The van der Waals surface area contributed by atoms with E-state index in [1.165, 1.54) is 0 Å². The van der Waals surface area contributed by atoms with Gasteiger partial charge in [0.1, 0.15) is 5.76 Å². The first kappa shape index (κ1) is 18.8. The van der Waals surface area contributed by atoms with E-state index in [-0.39, 0.29) is 42.3 Å². The van der Waals surface area contributed by atoms with Gasteiger partial charge in [-0.15, -0.1) is 0 Å². The number of hydrogen-bond acceptors (Lipinski definition) is 7. The van der Waals surface area contributed by atoms with Crippen molar-refractivity contribution in [2.24, 2.45) is 0 Å². The van der Waals surface area contributed by atoms with Crippen LogP contribution in [0.25, 0.3) is 0 Å². The molecule has 2 amide bonds. The molecular weight excluding hydrogens is 340 g/mol. The number of carbonyl (C=O) groups excluding carboxylic acids is 2. The van der Waals surface area contributed by atoms with Gasteiger partial charge < -0.3 is 24.6 Å². The number of nitrogens with zero attached hydrogens (tertiary/aromatic N) is 3. The number of aliphatic hydroxyl groups excluding tert-OH is 1. The highest BCUT2D eigenvalue weighted by atomic mass is 16.5. The van der Waals surface area contributed by atoms with Gasteiger partial charge in [0.2, 0.25) is 5.91 Å². The average Bonchev–Trinajstić information content (AvgIpc) is 3.16. The highest BCUT2D eigenvalue weighted by Gasteiger charge is 2.39. The molecule has 2 aliphatic rings. The van der Waals surface area contributed by atoms with E-state index in [0.29, 0.717) is 37.4 Å². The molecule has 1 aromatic rings. The van der Waals surface area contributed by atoms with Gasteiger partial charge in [-0.1, -0.05) is 5.16 Å². The molecule has 26 heavy (non-hydrogen) atoms. The summed E-state index contributed by atoms with van der Waals surface area (Å²) in [6, 6.07) is 0.213. The number of aryl methyl sites for hydroxylation is 1. The molecule has 2 N–H and O–H groups in total. The Bertz CT molecular complexity index is 674. The minimum Gasteiger partial charge on any atom is -0.391 e. The first-order chi connectivity index (χ1) is 12.4. The zero-order chi connectivity index (χ0) is 18.8. The number of aliphatic hydroxyl groups is 1. The Balaban J connectivity index is 1.55. The third kappa shape index (κ3) is 3.89. The Hall–Kier alpha value is -1.97. The summed E-state index contributed by atoms with van der Waals surface area (Å²) in [6.07, 6.45) is 1.03. The van der Waals surface area contributed by atoms with Crippen LogP contribution >= 0.6 is 0 Å². The van der Waals surface area contributed by atoms with Crippen molar-refractivity contribution in [3.8, 4) is 0 Å². The normalized spacial score (nSPS) is 25.8. The van der Waals surface area contributed by atoms with Crippen LogP contribution in [0.2, 0.25) is 0 Å². The van der Waals surface area contributed by atoms with Crippen molar-refractivity contribution in [2.75, 3.05) is 33.8 Å². The van der Waals surface area contributed by atoms with Gasteiger partial charge in [-0.05, 0) is 13.3 Å². The van der Waals surface area contributed by atoms with E-state index in [1.54, 1.807) is 25.9 Å². The Morgan fingerprint density at radius 2 is 2.15 bits per heavy atom. The van der Waals surface area contributed by atoms with Gasteiger partial charge in [-0.3, -0.25) is 14.5 Å².